The Morgan fingerprint density at radius 1 is 0.967 bits per heavy atom. The molecule has 0 aliphatic carbocycles. The van der Waals surface area contributed by atoms with Gasteiger partial charge in [0.1, 0.15) is 0 Å². The first kappa shape index (κ1) is 22.2. The average Bonchev–Trinajstić information content (AvgIpc) is 3.32. The minimum atomic E-state index is -1.66. The summed E-state index contributed by atoms with van der Waals surface area (Å²) < 4.78 is 0.801. The maximum absolute atomic E-state index is 13.4. The molecular formula is C25H31N2O2S+. The van der Waals surface area contributed by atoms with Gasteiger partial charge in [0.25, 0.3) is 5.91 Å². The van der Waals surface area contributed by atoms with Gasteiger partial charge in [0.15, 0.2) is 0 Å². The molecule has 0 bridgehead atoms. The van der Waals surface area contributed by atoms with E-state index in [0.717, 1.165) is 24.0 Å². The summed E-state index contributed by atoms with van der Waals surface area (Å²) in [6, 6.07) is 23.4. The van der Waals surface area contributed by atoms with Crippen molar-refractivity contribution in [3.8, 4) is 0 Å². The van der Waals surface area contributed by atoms with E-state index in [-0.39, 0.29) is 5.91 Å². The second kappa shape index (κ2) is 9.56. The number of nitrogens with zero attached hydrogens (tertiary/aromatic N) is 2. The fourth-order valence-corrected chi connectivity index (χ4v) is 4.36. The minimum Gasteiger partial charge on any atom is -0.371 e. The molecule has 1 amide bonds. The molecule has 1 N–H and O–H groups in total. The number of amides is 1. The average molecular weight is 424 g/mol. The minimum absolute atomic E-state index is 0.292. The molecule has 1 heterocycles. The van der Waals surface area contributed by atoms with E-state index >= 15 is 0 Å². The van der Waals surface area contributed by atoms with Gasteiger partial charge in [-0.3, -0.25) is 4.79 Å². The number of aliphatic hydroxyl groups is 1. The quantitative estimate of drug-likeness (QED) is 0.533. The standard InChI is InChI=1S/C25H31N2O2S/c1-26(17-19-27(2,3)18-16-21-11-6-4-7-12-21)24(28)25(29,23-15-10-20-30-23)22-13-8-5-9-14-22/h4-15,20,29H,16-19H2,1-3H3/q+1. The van der Waals surface area contributed by atoms with Crippen molar-refractivity contribution in [3.05, 3.63) is 94.2 Å². The number of hydrogen-bond acceptors (Lipinski definition) is 3. The van der Waals surface area contributed by atoms with Crippen LogP contribution in [-0.4, -0.2) is 61.2 Å². The Balaban J connectivity index is 1.68. The van der Waals surface area contributed by atoms with Crippen LogP contribution in [0.15, 0.2) is 78.2 Å². The van der Waals surface area contributed by atoms with Crippen LogP contribution in [0.1, 0.15) is 16.0 Å². The third-order valence-corrected chi connectivity index (χ3v) is 6.59. The van der Waals surface area contributed by atoms with Gasteiger partial charge in [-0.2, -0.15) is 0 Å². The van der Waals surface area contributed by atoms with Crippen LogP contribution >= 0.6 is 11.3 Å². The molecular weight excluding hydrogens is 392 g/mol. The predicted molar refractivity (Wildman–Crippen MR) is 123 cm³/mol. The third kappa shape index (κ3) is 5.17. The van der Waals surface area contributed by atoms with E-state index in [1.54, 1.807) is 11.9 Å². The number of carbonyl (C=O) groups excluding carboxylic acids is 1. The number of thiophene rings is 1. The first-order valence-electron chi connectivity index (χ1n) is 10.3. The second-order valence-corrected chi connectivity index (χ2v) is 9.35. The molecule has 0 saturated heterocycles. The van der Waals surface area contributed by atoms with E-state index in [1.807, 2.05) is 53.9 Å². The van der Waals surface area contributed by atoms with E-state index in [4.69, 9.17) is 0 Å². The molecule has 0 aliphatic heterocycles. The summed E-state index contributed by atoms with van der Waals surface area (Å²) in [5, 5.41) is 13.5. The highest BCUT2D eigenvalue weighted by Crippen LogP contribution is 2.34. The van der Waals surface area contributed by atoms with Crippen LogP contribution in [0, 0.1) is 0 Å². The Bertz CT molecular complexity index is 926. The van der Waals surface area contributed by atoms with Gasteiger partial charge in [0, 0.05) is 13.5 Å². The molecule has 2 aromatic carbocycles. The van der Waals surface area contributed by atoms with Crippen molar-refractivity contribution in [1.82, 2.24) is 4.90 Å². The summed E-state index contributed by atoms with van der Waals surface area (Å²) in [6.07, 6.45) is 0.995. The largest absolute Gasteiger partial charge is 0.371 e. The topological polar surface area (TPSA) is 40.5 Å². The smallest absolute Gasteiger partial charge is 0.264 e. The summed E-state index contributed by atoms with van der Waals surface area (Å²) in [5.41, 5.74) is 0.261. The van der Waals surface area contributed by atoms with Gasteiger partial charge in [-0.1, -0.05) is 66.7 Å². The number of hydrogen-bond donors (Lipinski definition) is 1. The molecule has 3 aromatic rings. The summed E-state index contributed by atoms with van der Waals surface area (Å²) in [5.74, 6) is -0.292. The fraction of sp³-hybridized carbons (Fsp3) is 0.320. The summed E-state index contributed by atoms with van der Waals surface area (Å²) in [7, 11) is 6.15. The number of benzene rings is 2. The van der Waals surface area contributed by atoms with Crippen molar-refractivity contribution >= 4 is 17.2 Å². The lowest BCUT2D eigenvalue weighted by Crippen LogP contribution is -2.51. The molecule has 0 radical (unpaired) electrons. The summed E-state index contributed by atoms with van der Waals surface area (Å²) >= 11 is 1.40. The molecule has 0 aliphatic rings. The predicted octanol–water partition coefficient (Wildman–Crippen LogP) is 3.76. The molecule has 30 heavy (non-hydrogen) atoms. The molecule has 4 nitrogen and oxygen atoms in total. The van der Waals surface area contributed by atoms with E-state index in [9.17, 15) is 9.90 Å². The van der Waals surface area contributed by atoms with Crippen LogP contribution < -0.4 is 0 Å². The van der Waals surface area contributed by atoms with Crippen LogP contribution in [0.3, 0.4) is 0 Å². The lowest BCUT2D eigenvalue weighted by atomic mass is 9.90. The van der Waals surface area contributed by atoms with Crippen LogP contribution in [-0.2, 0) is 16.8 Å². The van der Waals surface area contributed by atoms with Gasteiger partial charge in [0.05, 0.1) is 38.6 Å². The molecule has 1 aromatic heterocycles. The Morgan fingerprint density at radius 3 is 2.20 bits per heavy atom. The van der Waals surface area contributed by atoms with E-state index < -0.39 is 5.60 Å². The van der Waals surface area contributed by atoms with Crippen molar-refractivity contribution < 1.29 is 14.4 Å². The van der Waals surface area contributed by atoms with E-state index in [2.05, 4.69) is 38.4 Å². The lowest BCUT2D eigenvalue weighted by molar-refractivity contribution is -0.889. The van der Waals surface area contributed by atoms with Gasteiger partial charge < -0.3 is 14.5 Å². The normalized spacial score (nSPS) is 13.6. The Kier molecular flexibility index (Phi) is 7.08. The highest BCUT2D eigenvalue weighted by molar-refractivity contribution is 7.10. The molecule has 1 atom stereocenters. The van der Waals surface area contributed by atoms with E-state index in [1.165, 1.54) is 16.9 Å². The van der Waals surface area contributed by atoms with Crippen molar-refractivity contribution in [2.24, 2.45) is 0 Å². The molecule has 0 spiro atoms. The Hall–Kier alpha value is -2.47. The second-order valence-electron chi connectivity index (χ2n) is 8.40. The number of carbonyl (C=O) groups is 1. The zero-order chi connectivity index (χ0) is 21.6. The molecule has 0 fully saturated rings. The van der Waals surface area contributed by atoms with Crippen molar-refractivity contribution in [1.29, 1.82) is 0 Å². The lowest BCUT2D eigenvalue weighted by Gasteiger charge is -2.35. The van der Waals surface area contributed by atoms with Crippen LogP contribution in [0.25, 0.3) is 0 Å². The maximum Gasteiger partial charge on any atom is 0.264 e. The van der Waals surface area contributed by atoms with Crippen molar-refractivity contribution in [2.75, 3.05) is 40.8 Å². The van der Waals surface area contributed by atoms with Crippen molar-refractivity contribution in [2.45, 2.75) is 12.0 Å². The maximum atomic E-state index is 13.4. The summed E-state index contributed by atoms with van der Waals surface area (Å²) in [4.78, 5) is 15.7. The zero-order valence-corrected chi connectivity index (χ0v) is 18.8. The Labute approximate surface area is 183 Å². The van der Waals surface area contributed by atoms with Gasteiger partial charge in [0.2, 0.25) is 5.60 Å². The molecule has 158 valence electrons. The molecule has 5 heteroatoms. The monoisotopic (exact) mass is 423 g/mol. The van der Waals surface area contributed by atoms with Crippen molar-refractivity contribution in [3.63, 3.8) is 0 Å². The van der Waals surface area contributed by atoms with Gasteiger partial charge >= 0.3 is 0 Å². The molecule has 3 rings (SSSR count). The van der Waals surface area contributed by atoms with Crippen LogP contribution in [0.4, 0.5) is 0 Å². The van der Waals surface area contributed by atoms with Gasteiger partial charge in [-0.25, -0.2) is 0 Å². The van der Waals surface area contributed by atoms with Gasteiger partial charge in [-0.15, -0.1) is 11.3 Å². The Morgan fingerprint density at radius 2 is 1.60 bits per heavy atom. The van der Waals surface area contributed by atoms with Crippen LogP contribution in [0.5, 0.6) is 0 Å². The molecule has 1 unspecified atom stereocenters. The fourth-order valence-electron chi connectivity index (χ4n) is 3.52. The summed E-state index contributed by atoms with van der Waals surface area (Å²) in [6.45, 7) is 2.37. The zero-order valence-electron chi connectivity index (χ0n) is 18.0. The third-order valence-electron chi connectivity index (χ3n) is 5.61. The first-order valence-corrected chi connectivity index (χ1v) is 11.1. The molecule has 0 saturated carbocycles. The van der Waals surface area contributed by atoms with E-state index in [0.29, 0.717) is 17.0 Å². The number of rotatable bonds is 9. The van der Waals surface area contributed by atoms with Gasteiger partial charge in [-0.05, 0) is 22.6 Å². The highest BCUT2D eigenvalue weighted by atomic mass is 32.1. The highest BCUT2D eigenvalue weighted by Gasteiger charge is 2.43. The number of quaternary nitrogens is 1. The van der Waals surface area contributed by atoms with Crippen LogP contribution in [0.2, 0.25) is 0 Å². The number of likely N-dealkylation sites (N-methyl/N-ethyl adjacent to an activating group) is 2. The SMILES string of the molecule is CN(CC[N+](C)(C)CCc1ccccc1)C(=O)C(O)(c1ccccc1)c1cccs1. The first-order chi connectivity index (χ1) is 14.3.